The van der Waals surface area contributed by atoms with Gasteiger partial charge in [-0.05, 0) is 48.9 Å². The molecule has 0 radical (unpaired) electrons. The van der Waals surface area contributed by atoms with Gasteiger partial charge in [0.15, 0.2) is 0 Å². The second kappa shape index (κ2) is 7.28. The number of aliphatic hydroxyl groups is 1. The van der Waals surface area contributed by atoms with Crippen LogP contribution in [0.15, 0.2) is 41.3 Å². The highest BCUT2D eigenvalue weighted by molar-refractivity contribution is 7.93. The van der Waals surface area contributed by atoms with Gasteiger partial charge in [0, 0.05) is 10.0 Å². The topological polar surface area (TPSA) is 57.6 Å². The van der Waals surface area contributed by atoms with Gasteiger partial charge in [-0.3, -0.25) is 4.31 Å². The Bertz CT molecular complexity index is 825. The van der Waals surface area contributed by atoms with Crippen molar-refractivity contribution in [1.82, 2.24) is 0 Å². The summed E-state index contributed by atoms with van der Waals surface area (Å²) in [5.41, 5.74) is 1.08. The molecule has 0 aliphatic rings. The molecule has 0 spiro atoms. The normalized spacial score (nSPS) is 11.5. The zero-order chi connectivity index (χ0) is 17.2. The second-order valence-electron chi connectivity index (χ2n) is 4.81. The van der Waals surface area contributed by atoms with Crippen LogP contribution in [0.1, 0.15) is 5.56 Å². The van der Waals surface area contributed by atoms with Gasteiger partial charge in [0.05, 0.1) is 23.9 Å². The highest BCUT2D eigenvalue weighted by Crippen LogP contribution is 2.32. The first-order valence-corrected chi connectivity index (χ1v) is 9.19. The van der Waals surface area contributed by atoms with E-state index >= 15 is 0 Å². The predicted molar refractivity (Wildman–Crippen MR) is 94.3 cm³/mol. The Hall–Kier alpha value is -0.980. The zero-order valence-corrected chi connectivity index (χ0v) is 15.2. The third kappa shape index (κ3) is 3.92. The van der Waals surface area contributed by atoms with E-state index in [9.17, 15) is 13.5 Å². The number of anilines is 1. The molecule has 8 heteroatoms. The molecule has 0 atom stereocenters. The minimum Gasteiger partial charge on any atom is -0.394 e. The largest absolute Gasteiger partial charge is 0.394 e. The van der Waals surface area contributed by atoms with Crippen molar-refractivity contribution in [1.29, 1.82) is 0 Å². The molecular formula is C15H14Cl3NO3S. The fourth-order valence-corrected chi connectivity index (χ4v) is 4.64. The molecule has 0 amide bonds. The van der Waals surface area contributed by atoms with E-state index in [2.05, 4.69) is 0 Å². The van der Waals surface area contributed by atoms with Gasteiger partial charge in [-0.25, -0.2) is 8.42 Å². The molecule has 0 aromatic heterocycles. The summed E-state index contributed by atoms with van der Waals surface area (Å²) in [6, 6.07) is 9.04. The lowest BCUT2D eigenvalue weighted by atomic mass is 10.2. The average molecular weight is 395 g/mol. The van der Waals surface area contributed by atoms with Crippen LogP contribution in [0, 0.1) is 6.92 Å². The van der Waals surface area contributed by atoms with Gasteiger partial charge >= 0.3 is 0 Å². The van der Waals surface area contributed by atoms with Crippen LogP contribution in [-0.2, 0) is 10.0 Å². The van der Waals surface area contributed by atoms with Crippen molar-refractivity contribution >= 4 is 50.5 Å². The number of nitrogens with zero attached hydrogens (tertiary/aromatic N) is 1. The molecule has 124 valence electrons. The molecule has 23 heavy (non-hydrogen) atoms. The molecule has 2 aromatic rings. The Morgan fingerprint density at radius 2 is 1.65 bits per heavy atom. The summed E-state index contributed by atoms with van der Waals surface area (Å²) in [7, 11) is -3.99. The maximum atomic E-state index is 13.0. The summed E-state index contributed by atoms with van der Waals surface area (Å²) in [6.45, 7) is 1.27. The average Bonchev–Trinajstić information content (AvgIpc) is 2.48. The summed E-state index contributed by atoms with van der Waals surface area (Å²) in [6.07, 6.45) is 0. The number of sulfonamides is 1. The summed E-state index contributed by atoms with van der Waals surface area (Å²) < 4.78 is 27.0. The number of benzene rings is 2. The lowest BCUT2D eigenvalue weighted by Crippen LogP contribution is -2.34. The number of aryl methyl sites for hydroxylation is 1. The standard InChI is InChI=1S/C15H14Cl3NO3S/c1-10-8-11(16)3-5-14(10)19(6-7-20)23(21,22)15-9-12(17)2-4-13(15)18/h2-5,8-9,20H,6-7H2,1H3. The molecule has 1 N–H and O–H groups in total. The van der Waals surface area contributed by atoms with E-state index in [-0.39, 0.29) is 28.1 Å². The molecule has 0 aliphatic heterocycles. The molecule has 2 aromatic carbocycles. The Balaban J connectivity index is 2.62. The smallest absolute Gasteiger partial charge is 0.265 e. The molecular weight excluding hydrogens is 381 g/mol. The van der Waals surface area contributed by atoms with Crippen LogP contribution in [0.25, 0.3) is 0 Å². The molecule has 2 rings (SSSR count). The third-order valence-corrected chi connectivity index (χ3v) is 5.96. The zero-order valence-electron chi connectivity index (χ0n) is 12.1. The summed E-state index contributed by atoms with van der Waals surface area (Å²) >= 11 is 17.8. The van der Waals surface area contributed by atoms with Crippen LogP contribution in [0.2, 0.25) is 15.1 Å². The van der Waals surface area contributed by atoms with Gasteiger partial charge < -0.3 is 5.11 Å². The number of halogens is 3. The van der Waals surface area contributed by atoms with E-state index in [0.717, 1.165) is 4.31 Å². The SMILES string of the molecule is Cc1cc(Cl)ccc1N(CCO)S(=O)(=O)c1cc(Cl)ccc1Cl. The minimum atomic E-state index is -3.99. The lowest BCUT2D eigenvalue weighted by molar-refractivity contribution is 0.306. The summed E-state index contributed by atoms with van der Waals surface area (Å²) in [5.74, 6) is 0. The van der Waals surface area contributed by atoms with Crippen LogP contribution < -0.4 is 4.31 Å². The Morgan fingerprint density at radius 3 is 2.26 bits per heavy atom. The Morgan fingerprint density at radius 1 is 1.04 bits per heavy atom. The van der Waals surface area contributed by atoms with Crippen LogP contribution in [0.5, 0.6) is 0 Å². The quantitative estimate of drug-likeness (QED) is 0.829. The van der Waals surface area contributed by atoms with E-state index in [0.29, 0.717) is 16.3 Å². The van der Waals surface area contributed by atoms with Crippen molar-refractivity contribution in [3.05, 3.63) is 57.0 Å². The van der Waals surface area contributed by atoms with E-state index in [4.69, 9.17) is 34.8 Å². The minimum absolute atomic E-state index is 0.0592. The van der Waals surface area contributed by atoms with E-state index in [1.165, 1.54) is 18.2 Å². The van der Waals surface area contributed by atoms with Gasteiger partial charge in [-0.15, -0.1) is 0 Å². The monoisotopic (exact) mass is 393 g/mol. The molecule has 0 bridgehead atoms. The van der Waals surface area contributed by atoms with E-state index < -0.39 is 10.0 Å². The number of hydrogen-bond donors (Lipinski definition) is 1. The van der Waals surface area contributed by atoms with Gasteiger partial charge in [-0.2, -0.15) is 0 Å². The van der Waals surface area contributed by atoms with Gasteiger partial charge in [0.25, 0.3) is 10.0 Å². The predicted octanol–water partition coefficient (Wildman–Crippen LogP) is 4.14. The van der Waals surface area contributed by atoms with E-state index in [1.807, 2.05) is 0 Å². The van der Waals surface area contributed by atoms with E-state index in [1.54, 1.807) is 25.1 Å². The maximum Gasteiger partial charge on any atom is 0.265 e. The number of rotatable bonds is 5. The molecule has 0 unspecified atom stereocenters. The summed E-state index contributed by atoms with van der Waals surface area (Å²) in [4.78, 5) is -0.116. The number of hydrogen-bond acceptors (Lipinski definition) is 3. The first-order chi connectivity index (χ1) is 10.8. The highest BCUT2D eigenvalue weighted by Gasteiger charge is 2.28. The van der Waals surface area contributed by atoms with Gasteiger partial charge in [0.1, 0.15) is 4.90 Å². The molecule has 0 saturated carbocycles. The number of aliphatic hydroxyl groups excluding tert-OH is 1. The molecule has 4 nitrogen and oxygen atoms in total. The van der Waals surface area contributed by atoms with Crippen LogP contribution in [0.3, 0.4) is 0 Å². The van der Waals surface area contributed by atoms with Gasteiger partial charge in [-0.1, -0.05) is 34.8 Å². The second-order valence-corrected chi connectivity index (χ2v) is 7.92. The summed E-state index contributed by atoms with van der Waals surface area (Å²) in [5, 5.41) is 10.1. The van der Waals surface area contributed by atoms with Crippen molar-refractivity contribution in [2.24, 2.45) is 0 Å². The van der Waals surface area contributed by atoms with Crippen LogP contribution in [-0.4, -0.2) is 26.7 Å². The lowest BCUT2D eigenvalue weighted by Gasteiger charge is -2.26. The van der Waals surface area contributed by atoms with Crippen molar-refractivity contribution in [2.45, 2.75) is 11.8 Å². The van der Waals surface area contributed by atoms with Crippen molar-refractivity contribution in [3.8, 4) is 0 Å². The molecule has 0 aliphatic carbocycles. The van der Waals surface area contributed by atoms with Gasteiger partial charge in [0.2, 0.25) is 0 Å². The first kappa shape index (κ1) is 18.4. The van der Waals surface area contributed by atoms with Crippen molar-refractivity contribution < 1.29 is 13.5 Å². The Labute approximate surface area is 150 Å². The van der Waals surface area contributed by atoms with Crippen molar-refractivity contribution in [2.75, 3.05) is 17.5 Å². The van der Waals surface area contributed by atoms with Crippen LogP contribution in [0.4, 0.5) is 5.69 Å². The molecule has 0 saturated heterocycles. The fraction of sp³-hybridized carbons (Fsp3) is 0.200. The fourth-order valence-electron chi connectivity index (χ4n) is 2.15. The van der Waals surface area contributed by atoms with Crippen molar-refractivity contribution in [3.63, 3.8) is 0 Å². The highest BCUT2D eigenvalue weighted by atomic mass is 35.5. The molecule has 0 fully saturated rings. The molecule has 0 heterocycles. The third-order valence-electron chi connectivity index (χ3n) is 3.19. The first-order valence-electron chi connectivity index (χ1n) is 6.62. The maximum absolute atomic E-state index is 13.0. The Kier molecular flexibility index (Phi) is 5.81. The van der Waals surface area contributed by atoms with Crippen LogP contribution >= 0.6 is 34.8 Å².